The maximum atomic E-state index is 13.2. The van der Waals surface area contributed by atoms with Crippen LogP contribution >= 0.6 is 0 Å². The highest BCUT2D eigenvalue weighted by atomic mass is 16.5. The molecule has 0 aliphatic heterocycles. The zero-order valence-corrected chi connectivity index (χ0v) is 18.9. The number of ether oxygens (including phenoxy) is 2. The molecular weight excluding hydrogens is 404 g/mol. The Hall–Kier alpha value is -3.32. The normalized spacial score (nSPS) is 15.3. The van der Waals surface area contributed by atoms with Crippen LogP contribution in [0.15, 0.2) is 48.8 Å². The Morgan fingerprint density at radius 1 is 1.19 bits per heavy atom. The molecule has 0 radical (unpaired) electrons. The van der Waals surface area contributed by atoms with Crippen molar-refractivity contribution in [2.75, 3.05) is 39.7 Å². The van der Waals surface area contributed by atoms with E-state index in [0.29, 0.717) is 24.5 Å². The van der Waals surface area contributed by atoms with E-state index in [2.05, 4.69) is 26.5 Å². The molecule has 0 spiro atoms. The maximum Gasteiger partial charge on any atom is 0.227 e. The number of nitrogens with zero attached hydrogens (tertiary/aromatic N) is 2. The second-order valence-electron chi connectivity index (χ2n) is 8.41. The van der Waals surface area contributed by atoms with Gasteiger partial charge in [-0.3, -0.25) is 9.89 Å². The van der Waals surface area contributed by atoms with Crippen LogP contribution in [0.5, 0.6) is 11.5 Å². The molecule has 1 aliphatic rings. The van der Waals surface area contributed by atoms with Crippen LogP contribution in [-0.2, 0) is 17.6 Å². The van der Waals surface area contributed by atoms with Crippen molar-refractivity contribution in [1.29, 1.82) is 0 Å². The summed E-state index contributed by atoms with van der Waals surface area (Å²) in [6, 6.07) is 12.0. The highest BCUT2D eigenvalue weighted by Crippen LogP contribution is 2.33. The molecular formula is C25H30N4O3. The predicted molar refractivity (Wildman–Crippen MR) is 125 cm³/mol. The van der Waals surface area contributed by atoms with Gasteiger partial charge in [-0.25, -0.2) is 0 Å². The summed E-state index contributed by atoms with van der Waals surface area (Å²) in [5, 5.41) is 9.98. The topological polar surface area (TPSA) is 79.5 Å². The number of hydrogen-bond donors (Lipinski definition) is 2. The number of aromatic nitrogens is 2. The Balaban J connectivity index is 1.51. The molecule has 0 bridgehead atoms. The van der Waals surface area contributed by atoms with Gasteiger partial charge >= 0.3 is 0 Å². The van der Waals surface area contributed by atoms with E-state index < -0.39 is 0 Å². The summed E-state index contributed by atoms with van der Waals surface area (Å²) in [6.45, 7) is 1.31. The number of aryl methyl sites for hydroxylation is 1. The van der Waals surface area contributed by atoms with Crippen molar-refractivity contribution in [3.63, 3.8) is 0 Å². The number of hydrogen-bond acceptors (Lipinski definition) is 5. The third-order valence-corrected chi connectivity index (χ3v) is 5.88. The minimum atomic E-state index is -0.0854. The van der Waals surface area contributed by atoms with Crippen molar-refractivity contribution in [3.05, 3.63) is 59.9 Å². The van der Waals surface area contributed by atoms with Gasteiger partial charge in [-0.15, -0.1) is 0 Å². The third kappa shape index (κ3) is 5.11. The first-order valence-electron chi connectivity index (χ1n) is 10.9. The zero-order chi connectivity index (χ0) is 22.5. The number of anilines is 1. The van der Waals surface area contributed by atoms with Crippen LogP contribution in [0.1, 0.15) is 17.5 Å². The van der Waals surface area contributed by atoms with Crippen molar-refractivity contribution in [2.45, 2.75) is 19.3 Å². The fourth-order valence-corrected chi connectivity index (χ4v) is 3.99. The van der Waals surface area contributed by atoms with Gasteiger partial charge in [-0.1, -0.05) is 12.1 Å². The molecule has 2 N–H and O–H groups in total. The lowest BCUT2D eigenvalue weighted by molar-refractivity contribution is -0.120. The van der Waals surface area contributed by atoms with E-state index >= 15 is 0 Å². The Bertz CT molecular complexity index is 1060. The number of H-pyrrole nitrogens is 1. The van der Waals surface area contributed by atoms with Gasteiger partial charge in [0.25, 0.3) is 0 Å². The van der Waals surface area contributed by atoms with E-state index in [9.17, 15) is 4.79 Å². The van der Waals surface area contributed by atoms with E-state index in [1.54, 1.807) is 13.3 Å². The Labute approximate surface area is 188 Å². The van der Waals surface area contributed by atoms with Crippen LogP contribution in [-0.4, -0.2) is 55.4 Å². The average molecular weight is 435 g/mol. The number of amides is 1. The van der Waals surface area contributed by atoms with Gasteiger partial charge < -0.3 is 19.7 Å². The summed E-state index contributed by atoms with van der Waals surface area (Å²) in [4.78, 5) is 15.2. The minimum absolute atomic E-state index is 0.0204. The largest absolute Gasteiger partial charge is 0.497 e. The van der Waals surface area contributed by atoms with Crippen molar-refractivity contribution >= 4 is 11.6 Å². The molecule has 1 amide bonds. The van der Waals surface area contributed by atoms with Crippen LogP contribution in [0.2, 0.25) is 0 Å². The van der Waals surface area contributed by atoms with Gasteiger partial charge in [-0.05, 0) is 74.3 Å². The summed E-state index contributed by atoms with van der Waals surface area (Å²) in [5.41, 5.74) is 5.13. The number of fused-ring (bicyclic) bond motifs is 1. The van der Waals surface area contributed by atoms with Crippen LogP contribution in [0.25, 0.3) is 11.1 Å². The smallest absolute Gasteiger partial charge is 0.227 e. The summed E-state index contributed by atoms with van der Waals surface area (Å²) in [6.07, 6.45) is 6.04. The molecule has 7 nitrogen and oxygen atoms in total. The van der Waals surface area contributed by atoms with Gasteiger partial charge in [-0.2, -0.15) is 5.10 Å². The number of nitrogens with one attached hydrogen (secondary N) is 2. The Kier molecular flexibility index (Phi) is 6.75. The molecule has 1 unspecified atom stereocenters. The quantitative estimate of drug-likeness (QED) is 0.564. The lowest BCUT2D eigenvalue weighted by Crippen LogP contribution is -2.28. The monoisotopic (exact) mass is 434 g/mol. The summed E-state index contributed by atoms with van der Waals surface area (Å²) in [7, 11) is 5.67. The Morgan fingerprint density at radius 2 is 2.06 bits per heavy atom. The highest BCUT2D eigenvalue weighted by Gasteiger charge is 2.26. The van der Waals surface area contributed by atoms with Gasteiger partial charge in [0.05, 0.1) is 19.0 Å². The van der Waals surface area contributed by atoms with E-state index in [0.717, 1.165) is 36.3 Å². The predicted octanol–water partition coefficient (Wildman–Crippen LogP) is 3.77. The number of methoxy groups -OCH3 is 1. The van der Waals surface area contributed by atoms with Crippen molar-refractivity contribution < 1.29 is 14.3 Å². The Morgan fingerprint density at radius 3 is 2.81 bits per heavy atom. The zero-order valence-electron chi connectivity index (χ0n) is 18.9. The van der Waals surface area contributed by atoms with E-state index in [1.165, 1.54) is 11.1 Å². The first-order chi connectivity index (χ1) is 15.5. The molecule has 1 heterocycles. The number of carbonyl (C=O) groups is 1. The first-order valence-corrected chi connectivity index (χ1v) is 10.9. The molecule has 32 heavy (non-hydrogen) atoms. The fourth-order valence-electron chi connectivity index (χ4n) is 3.99. The molecule has 3 aromatic rings. The second-order valence-corrected chi connectivity index (χ2v) is 8.41. The summed E-state index contributed by atoms with van der Waals surface area (Å²) < 4.78 is 11.4. The number of aromatic amines is 1. The highest BCUT2D eigenvalue weighted by molar-refractivity contribution is 5.94. The van der Waals surface area contributed by atoms with E-state index in [-0.39, 0.29) is 11.8 Å². The van der Waals surface area contributed by atoms with Gasteiger partial charge in [0.1, 0.15) is 18.1 Å². The fraction of sp³-hybridized carbons (Fsp3) is 0.360. The van der Waals surface area contributed by atoms with Gasteiger partial charge in [0.15, 0.2) is 0 Å². The van der Waals surface area contributed by atoms with Gasteiger partial charge in [0, 0.05) is 24.2 Å². The minimum Gasteiger partial charge on any atom is -0.497 e. The molecule has 0 saturated carbocycles. The van der Waals surface area contributed by atoms with E-state index in [1.807, 2.05) is 50.6 Å². The third-order valence-electron chi connectivity index (χ3n) is 5.88. The second kappa shape index (κ2) is 9.87. The molecule has 1 aromatic heterocycles. The molecule has 168 valence electrons. The number of rotatable bonds is 8. The molecule has 2 aromatic carbocycles. The standard InChI is InChI=1S/C25H30N4O3/c1-29(2)10-11-32-24-14-18(21-15-26-27-16-21)7-9-23(24)28-25(30)19-5-4-17-6-8-22(31-3)13-20(17)12-19/h6-9,13-16,19H,4-5,10-12H2,1-3H3,(H,26,27)(H,28,30). The first kappa shape index (κ1) is 21.9. The van der Waals surface area contributed by atoms with Crippen LogP contribution in [0.3, 0.4) is 0 Å². The van der Waals surface area contributed by atoms with Crippen molar-refractivity contribution in [2.24, 2.45) is 5.92 Å². The molecule has 0 fully saturated rings. The van der Waals surface area contributed by atoms with Crippen LogP contribution in [0.4, 0.5) is 5.69 Å². The van der Waals surface area contributed by atoms with Crippen molar-refractivity contribution in [1.82, 2.24) is 15.1 Å². The molecule has 1 aliphatic carbocycles. The lowest BCUT2D eigenvalue weighted by atomic mass is 9.83. The van der Waals surface area contributed by atoms with Crippen molar-refractivity contribution in [3.8, 4) is 22.6 Å². The molecule has 7 heteroatoms. The SMILES string of the molecule is COc1ccc2c(c1)CC(C(=O)Nc1ccc(-c3cn[nH]c3)cc1OCCN(C)C)CC2. The number of carbonyl (C=O) groups excluding carboxylic acids is 1. The molecule has 4 rings (SSSR count). The average Bonchev–Trinajstić information content (AvgIpc) is 3.34. The number of benzene rings is 2. The lowest BCUT2D eigenvalue weighted by Gasteiger charge is -2.25. The van der Waals surface area contributed by atoms with Crippen LogP contribution < -0.4 is 14.8 Å². The molecule has 1 atom stereocenters. The van der Waals surface area contributed by atoms with Crippen LogP contribution in [0, 0.1) is 5.92 Å². The molecule has 0 saturated heterocycles. The summed E-state index contributed by atoms with van der Waals surface area (Å²) in [5.74, 6) is 1.43. The number of likely N-dealkylation sites (N-methyl/N-ethyl adjacent to an activating group) is 1. The summed E-state index contributed by atoms with van der Waals surface area (Å²) >= 11 is 0. The van der Waals surface area contributed by atoms with Gasteiger partial charge in [0.2, 0.25) is 5.91 Å². The van der Waals surface area contributed by atoms with E-state index in [4.69, 9.17) is 9.47 Å². The maximum absolute atomic E-state index is 13.2.